The Bertz CT molecular complexity index is 1050. The van der Waals surface area contributed by atoms with Crippen molar-refractivity contribution in [1.82, 2.24) is 14.8 Å². The van der Waals surface area contributed by atoms with Crippen LogP contribution in [-0.4, -0.2) is 14.8 Å². The number of anilines is 1. The first kappa shape index (κ1) is 19.1. The van der Waals surface area contributed by atoms with Crippen LogP contribution in [0.2, 0.25) is 0 Å². The van der Waals surface area contributed by atoms with Gasteiger partial charge in [-0.2, -0.15) is 18.3 Å². The van der Waals surface area contributed by atoms with Crippen molar-refractivity contribution < 1.29 is 22.0 Å². The maximum atomic E-state index is 13.9. The lowest BCUT2D eigenvalue weighted by molar-refractivity contribution is -0.141. The second-order valence-corrected chi connectivity index (χ2v) is 6.74. The molecular weight excluding hydrogens is 391 g/mol. The van der Waals surface area contributed by atoms with E-state index in [4.69, 9.17) is 0 Å². The lowest BCUT2D eigenvalue weighted by Gasteiger charge is -2.12. The van der Waals surface area contributed by atoms with Crippen LogP contribution in [0.25, 0.3) is 11.5 Å². The summed E-state index contributed by atoms with van der Waals surface area (Å²) in [6.45, 7) is 3.64. The Morgan fingerprint density at radius 2 is 1.79 bits per heavy atom. The molecule has 0 saturated heterocycles. The molecule has 1 aromatic carbocycles. The summed E-state index contributed by atoms with van der Waals surface area (Å²) in [5.41, 5.74) is -0.436. The fourth-order valence-electron chi connectivity index (χ4n) is 3.00. The molecule has 29 heavy (non-hydrogen) atoms. The first-order valence-corrected chi connectivity index (χ1v) is 8.78. The monoisotopic (exact) mass is 406 g/mol. The Labute approximate surface area is 162 Å². The van der Waals surface area contributed by atoms with Crippen LogP contribution in [0.5, 0.6) is 0 Å². The third-order valence-electron chi connectivity index (χ3n) is 4.55. The van der Waals surface area contributed by atoms with Crippen molar-refractivity contribution in [3.8, 4) is 5.82 Å². The summed E-state index contributed by atoms with van der Waals surface area (Å²) in [4.78, 5) is 4.15. The maximum Gasteiger partial charge on any atom is 0.435 e. The van der Waals surface area contributed by atoms with E-state index in [0.29, 0.717) is 11.4 Å². The smallest absolute Gasteiger partial charge is 0.354 e. The zero-order valence-electron chi connectivity index (χ0n) is 15.0. The number of pyridine rings is 1. The molecule has 150 valence electrons. The minimum Gasteiger partial charge on any atom is -0.354 e. The summed E-state index contributed by atoms with van der Waals surface area (Å²) in [7, 11) is 0. The predicted molar refractivity (Wildman–Crippen MR) is 97.4 cm³/mol. The summed E-state index contributed by atoms with van der Waals surface area (Å²) in [6.07, 6.45) is -1.60. The molecule has 1 aliphatic rings. The lowest BCUT2D eigenvalue weighted by Crippen LogP contribution is -2.09. The van der Waals surface area contributed by atoms with Gasteiger partial charge < -0.3 is 5.32 Å². The number of hydrogen-bond donors (Lipinski definition) is 1. The number of hydrogen-bond acceptors (Lipinski definition) is 3. The van der Waals surface area contributed by atoms with E-state index in [9.17, 15) is 22.0 Å². The van der Waals surface area contributed by atoms with Gasteiger partial charge in [-0.3, -0.25) is 0 Å². The Morgan fingerprint density at radius 1 is 1.10 bits per heavy atom. The van der Waals surface area contributed by atoms with Crippen molar-refractivity contribution in [3.05, 3.63) is 77.8 Å². The highest BCUT2D eigenvalue weighted by atomic mass is 19.4. The topological polar surface area (TPSA) is 42.7 Å². The van der Waals surface area contributed by atoms with E-state index >= 15 is 0 Å². The second kappa shape index (κ2) is 6.98. The summed E-state index contributed by atoms with van der Waals surface area (Å²) in [5, 5.41) is 6.42. The van der Waals surface area contributed by atoms with E-state index in [2.05, 4.69) is 22.0 Å². The minimum absolute atomic E-state index is 0.00716. The Kier molecular flexibility index (Phi) is 4.60. The largest absolute Gasteiger partial charge is 0.435 e. The van der Waals surface area contributed by atoms with Crippen LogP contribution in [0.1, 0.15) is 35.7 Å². The molecular formula is C20H15F5N4. The predicted octanol–water partition coefficient (Wildman–Crippen LogP) is 5.52. The van der Waals surface area contributed by atoms with Gasteiger partial charge in [-0.1, -0.05) is 12.6 Å². The van der Waals surface area contributed by atoms with Crippen LogP contribution in [0.15, 0.2) is 49.2 Å². The van der Waals surface area contributed by atoms with Gasteiger partial charge in [-0.05, 0) is 43.2 Å². The molecule has 0 unspecified atom stereocenters. The van der Waals surface area contributed by atoms with Gasteiger partial charge >= 0.3 is 6.18 Å². The summed E-state index contributed by atoms with van der Waals surface area (Å²) >= 11 is 0. The van der Waals surface area contributed by atoms with Gasteiger partial charge in [0.2, 0.25) is 0 Å². The van der Waals surface area contributed by atoms with Crippen LogP contribution >= 0.6 is 0 Å². The van der Waals surface area contributed by atoms with Crippen molar-refractivity contribution in [2.45, 2.75) is 24.9 Å². The third-order valence-corrected chi connectivity index (χ3v) is 4.55. The molecule has 0 aliphatic heterocycles. The van der Waals surface area contributed by atoms with Crippen molar-refractivity contribution in [2.24, 2.45) is 0 Å². The van der Waals surface area contributed by atoms with Gasteiger partial charge in [-0.25, -0.2) is 18.4 Å². The average molecular weight is 406 g/mol. The lowest BCUT2D eigenvalue weighted by atomic mass is 10.1. The number of nitrogens with zero attached hydrogens (tertiary/aromatic N) is 3. The molecule has 0 radical (unpaired) electrons. The molecule has 1 N–H and O–H groups in total. The van der Waals surface area contributed by atoms with Crippen LogP contribution in [0.4, 0.5) is 27.6 Å². The molecule has 0 atom stereocenters. The van der Waals surface area contributed by atoms with Crippen LogP contribution < -0.4 is 5.32 Å². The van der Waals surface area contributed by atoms with Crippen LogP contribution in [0, 0.1) is 11.6 Å². The van der Waals surface area contributed by atoms with Gasteiger partial charge in [-0.15, -0.1) is 0 Å². The first-order chi connectivity index (χ1) is 13.7. The van der Waals surface area contributed by atoms with E-state index in [1.807, 2.05) is 0 Å². The van der Waals surface area contributed by atoms with E-state index in [1.54, 1.807) is 0 Å². The summed E-state index contributed by atoms with van der Waals surface area (Å²) in [5.74, 6) is -1.28. The van der Waals surface area contributed by atoms with Gasteiger partial charge in [0.25, 0.3) is 0 Å². The number of benzene rings is 1. The normalized spacial score (nSPS) is 14.1. The number of rotatable bonds is 5. The fraction of sp³-hybridized carbons (Fsp3) is 0.200. The molecule has 3 aromatic rings. The van der Waals surface area contributed by atoms with Gasteiger partial charge in [0.05, 0.1) is 17.4 Å². The van der Waals surface area contributed by atoms with E-state index in [1.165, 1.54) is 29.1 Å². The van der Waals surface area contributed by atoms with E-state index in [-0.39, 0.29) is 23.0 Å². The average Bonchev–Trinajstić information content (AvgIpc) is 3.39. The zero-order chi connectivity index (χ0) is 20.8. The molecule has 4 nitrogen and oxygen atoms in total. The minimum atomic E-state index is -4.54. The van der Waals surface area contributed by atoms with Gasteiger partial charge in [0.1, 0.15) is 11.6 Å². The molecule has 1 saturated carbocycles. The number of alkyl halides is 3. The van der Waals surface area contributed by atoms with Crippen molar-refractivity contribution in [3.63, 3.8) is 0 Å². The van der Waals surface area contributed by atoms with Crippen LogP contribution in [-0.2, 0) is 6.18 Å². The molecule has 0 amide bonds. The highest BCUT2D eigenvalue weighted by Crippen LogP contribution is 2.42. The second-order valence-electron chi connectivity index (χ2n) is 6.74. The highest BCUT2D eigenvalue weighted by molar-refractivity contribution is 5.75. The molecule has 1 aliphatic carbocycles. The summed E-state index contributed by atoms with van der Waals surface area (Å²) in [6, 6.07) is 7.52. The van der Waals surface area contributed by atoms with Crippen LogP contribution in [0.3, 0.4) is 0 Å². The number of aromatic nitrogens is 3. The standard InChI is InChI=1S/C20H15F5N4/c1-11(19-14(21)3-2-4-15(19)22)27-13-7-8-18(26-10-13)29-16(12-5-6-12)9-17(28-29)20(23,24)25/h2-4,7-10,12,27H,1,5-6H2. The first-order valence-electron chi connectivity index (χ1n) is 8.78. The quantitative estimate of drug-likeness (QED) is 0.567. The molecule has 9 heteroatoms. The van der Waals surface area contributed by atoms with E-state index < -0.39 is 23.5 Å². The van der Waals surface area contributed by atoms with Crippen molar-refractivity contribution in [2.75, 3.05) is 5.32 Å². The molecule has 0 spiro atoms. The molecule has 2 aromatic heterocycles. The fourth-order valence-corrected chi connectivity index (χ4v) is 3.00. The maximum absolute atomic E-state index is 13.9. The van der Waals surface area contributed by atoms with Gasteiger partial charge in [0, 0.05) is 17.3 Å². The highest BCUT2D eigenvalue weighted by Gasteiger charge is 2.38. The SMILES string of the molecule is C=C(Nc1ccc(-n2nc(C(F)(F)F)cc2C2CC2)nc1)c1c(F)cccc1F. The summed E-state index contributed by atoms with van der Waals surface area (Å²) < 4.78 is 68.0. The molecule has 2 heterocycles. The molecule has 1 fully saturated rings. The van der Waals surface area contributed by atoms with E-state index in [0.717, 1.165) is 31.0 Å². The van der Waals surface area contributed by atoms with Crippen molar-refractivity contribution >= 4 is 11.4 Å². The Balaban J connectivity index is 1.59. The van der Waals surface area contributed by atoms with Gasteiger partial charge in [0.15, 0.2) is 11.5 Å². The zero-order valence-corrected chi connectivity index (χ0v) is 15.0. The third kappa shape index (κ3) is 3.85. The Hall–Kier alpha value is -3.23. The number of nitrogens with one attached hydrogen (secondary N) is 1. The van der Waals surface area contributed by atoms with Crippen molar-refractivity contribution in [1.29, 1.82) is 0 Å². The molecule has 0 bridgehead atoms. The number of halogens is 5. The Morgan fingerprint density at radius 3 is 2.34 bits per heavy atom. The molecule has 4 rings (SSSR count).